The molecular formula is C7H14N4O3S. The number of sulfonamides is 1. The van der Waals surface area contributed by atoms with Crippen LogP contribution in [-0.4, -0.2) is 30.4 Å². The van der Waals surface area contributed by atoms with E-state index in [0.717, 1.165) is 0 Å². The lowest BCUT2D eigenvalue weighted by molar-refractivity contribution is 0.387. The van der Waals surface area contributed by atoms with Crippen molar-refractivity contribution in [1.82, 2.24) is 14.9 Å². The van der Waals surface area contributed by atoms with Gasteiger partial charge in [-0.2, -0.15) is 4.98 Å². The summed E-state index contributed by atoms with van der Waals surface area (Å²) in [6.07, 6.45) is 0. The molecule has 15 heavy (non-hydrogen) atoms. The lowest BCUT2D eigenvalue weighted by atomic mass is 10.5. The number of hydrogen-bond donors (Lipinski definition) is 2. The minimum Gasteiger partial charge on any atom is -0.340 e. The molecule has 3 N–H and O–H groups in total. The molecule has 8 heteroatoms. The Hall–Kier alpha value is -0.990. The fraction of sp³-hybridized carbons (Fsp3) is 0.714. The molecule has 1 rings (SSSR count). The van der Waals surface area contributed by atoms with Crippen LogP contribution in [0.3, 0.4) is 0 Å². The number of aromatic nitrogens is 2. The molecule has 1 aromatic heterocycles. The molecule has 0 radical (unpaired) electrons. The van der Waals surface area contributed by atoms with Crippen LogP contribution in [0.5, 0.6) is 0 Å². The zero-order chi connectivity index (χ0) is 11.5. The summed E-state index contributed by atoms with van der Waals surface area (Å²) in [6, 6.07) is 0. The Kier molecular flexibility index (Phi) is 3.77. The largest absolute Gasteiger partial charge is 0.340 e. The van der Waals surface area contributed by atoms with Gasteiger partial charge in [0.2, 0.25) is 15.9 Å². The predicted molar refractivity (Wildman–Crippen MR) is 53.3 cm³/mol. The maximum atomic E-state index is 11.5. The van der Waals surface area contributed by atoms with Crippen LogP contribution >= 0.6 is 0 Å². The smallest absolute Gasteiger partial charge is 0.223 e. The number of nitrogens with one attached hydrogen (secondary N) is 1. The lowest BCUT2D eigenvalue weighted by Gasteiger charge is -2.09. The van der Waals surface area contributed by atoms with Crippen LogP contribution in [0, 0.1) is 6.92 Å². The van der Waals surface area contributed by atoms with Crippen molar-refractivity contribution in [2.75, 3.05) is 6.54 Å². The third-order valence-electron chi connectivity index (χ3n) is 1.86. The summed E-state index contributed by atoms with van der Waals surface area (Å²) < 4.78 is 30.0. The average Bonchev–Trinajstić information content (AvgIpc) is 2.60. The van der Waals surface area contributed by atoms with Crippen LogP contribution in [0.2, 0.25) is 0 Å². The average molecular weight is 234 g/mol. The van der Waals surface area contributed by atoms with Gasteiger partial charge in [0.1, 0.15) is 0 Å². The van der Waals surface area contributed by atoms with E-state index >= 15 is 0 Å². The minimum atomic E-state index is -3.40. The molecule has 0 aliphatic carbocycles. The third-order valence-corrected chi connectivity index (χ3v) is 3.66. The molecule has 0 bridgehead atoms. The first-order chi connectivity index (χ1) is 6.95. The molecule has 1 atom stereocenters. The highest BCUT2D eigenvalue weighted by Crippen LogP contribution is 1.99. The highest BCUT2D eigenvalue weighted by atomic mass is 32.2. The van der Waals surface area contributed by atoms with Crippen molar-refractivity contribution in [3.63, 3.8) is 0 Å². The molecule has 0 saturated heterocycles. The van der Waals surface area contributed by atoms with E-state index in [9.17, 15) is 8.42 Å². The van der Waals surface area contributed by atoms with Gasteiger partial charge in [-0.15, -0.1) is 0 Å². The van der Waals surface area contributed by atoms with Gasteiger partial charge in [-0.3, -0.25) is 0 Å². The van der Waals surface area contributed by atoms with Crippen LogP contribution < -0.4 is 10.5 Å². The third kappa shape index (κ3) is 3.26. The second kappa shape index (κ2) is 4.69. The van der Waals surface area contributed by atoms with Crippen LogP contribution in [0.15, 0.2) is 4.52 Å². The van der Waals surface area contributed by atoms with Crippen LogP contribution in [-0.2, 0) is 16.6 Å². The van der Waals surface area contributed by atoms with Crippen LogP contribution in [0.4, 0.5) is 0 Å². The van der Waals surface area contributed by atoms with Gasteiger partial charge in [0.15, 0.2) is 5.82 Å². The lowest BCUT2D eigenvalue weighted by Crippen LogP contribution is -2.36. The molecule has 0 amide bonds. The summed E-state index contributed by atoms with van der Waals surface area (Å²) in [6.45, 7) is 3.25. The first-order valence-electron chi connectivity index (χ1n) is 4.43. The summed E-state index contributed by atoms with van der Waals surface area (Å²) in [5.41, 5.74) is 5.26. The number of hydrogen-bond acceptors (Lipinski definition) is 6. The number of aryl methyl sites for hydroxylation is 1. The zero-order valence-corrected chi connectivity index (χ0v) is 9.41. The predicted octanol–water partition coefficient (Wildman–Crippen LogP) is -0.855. The SMILES string of the molecule is Cc1nc(CNS(=O)(=O)C(C)CN)no1. The van der Waals surface area contributed by atoms with Crippen molar-refractivity contribution >= 4 is 10.0 Å². The van der Waals surface area contributed by atoms with Crippen molar-refractivity contribution in [2.45, 2.75) is 25.6 Å². The van der Waals surface area contributed by atoms with Gasteiger partial charge in [-0.1, -0.05) is 5.16 Å². The van der Waals surface area contributed by atoms with E-state index < -0.39 is 15.3 Å². The molecule has 0 aliphatic rings. The van der Waals surface area contributed by atoms with E-state index in [0.29, 0.717) is 11.7 Å². The van der Waals surface area contributed by atoms with Gasteiger partial charge >= 0.3 is 0 Å². The molecular weight excluding hydrogens is 220 g/mol. The molecule has 1 aromatic rings. The standard InChI is InChI=1S/C7H14N4O3S/c1-5(3-8)15(12,13)9-4-7-10-6(2)14-11-7/h5,9H,3-4,8H2,1-2H3. The minimum absolute atomic E-state index is 0.0179. The monoisotopic (exact) mass is 234 g/mol. The molecule has 1 unspecified atom stereocenters. The van der Waals surface area contributed by atoms with Gasteiger partial charge < -0.3 is 10.3 Å². The highest BCUT2D eigenvalue weighted by Gasteiger charge is 2.19. The number of nitrogens with zero attached hydrogens (tertiary/aromatic N) is 2. The zero-order valence-electron chi connectivity index (χ0n) is 8.60. The fourth-order valence-electron chi connectivity index (χ4n) is 0.847. The van der Waals surface area contributed by atoms with Gasteiger partial charge in [0.25, 0.3) is 0 Å². The quantitative estimate of drug-likeness (QED) is 0.686. The second-order valence-corrected chi connectivity index (χ2v) is 5.33. The van der Waals surface area contributed by atoms with Gasteiger partial charge in [-0.05, 0) is 6.92 Å². The summed E-state index contributed by atoms with van der Waals surface area (Å²) in [5, 5.41) is 2.93. The summed E-state index contributed by atoms with van der Waals surface area (Å²) >= 11 is 0. The van der Waals surface area contributed by atoms with Crippen LogP contribution in [0.1, 0.15) is 18.6 Å². The molecule has 0 saturated carbocycles. The molecule has 0 aromatic carbocycles. The molecule has 86 valence electrons. The summed E-state index contributed by atoms with van der Waals surface area (Å²) in [7, 11) is -3.40. The Morgan fingerprint density at radius 1 is 1.60 bits per heavy atom. The van der Waals surface area contributed by atoms with Crippen molar-refractivity contribution in [2.24, 2.45) is 5.73 Å². The fourth-order valence-corrected chi connectivity index (χ4v) is 1.72. The van der Waals surface area contributed by atoms with Gasteiger partial charge in [-0.25, -0.2) is 13.1 Å². The Morgan fingerprint density at radius 3 is 2.73 bits per heavy atom. The Morgan fingerprint density at radius 2 is 2.27 bits per heavy atom. The van der Waals surface area contributed by atoms with Crippen molar-refractivity contribution in [3.8, 4) is 0 Å². The van der Waals surface area contributed by atoms with Gasteiger partial charge in [0.05, 0.1) is 11.8 Å². The first-order valence-corrected chi connectivity index (χ1v) is 5.98. The van der Waals surface area contributed by atoms with Crippen molar-refractivity contribution in [1.29, 1.82) is 0 Å². The van der Waals surface area contributed by atoms with Gasteiger partial charge in [0, 0.05) is 13.5 Å². The molecule has 0 spiro atoms. The van der Waals surface area contributed by atoms with E-state index in [1.807, 2.05) is 0 Å². The summed E-state index contributed by atoms with van der Waals surface area (Å²) in [5.74, 6) is 0.705. The maximum Gasteiger partial charge on any atom is 0.223 e. The van der Waals surface area contributed by atoms with E-state index in [2.05, 4.69) is 14.9 Å². The normalized spacial score (nSPS) is 14.1. The summed E-state index contributed by atoms with van der Waals surface area (Å²) in [4.78, 5) is 3.86. The van der Waals surface area contributed by atoms with Crippen molar-refractivity contribution in [3.05, 3.63) is 11.7 Å². The van der Waals surface area contributed by atoms with E-state index in [4.69, 9.17) is 10.3 Å². The van der Waals surface area contributed by atoms with Crippen molar-refractivity contribution < 1.29 is 12.9 Å². The van der Waals surface area contributed by atoms with Crippen LogP contribution in [0.25, 0.3) is 0 Å². The molecule has 0 fully saturated rings. The molecule has 7 nitrogen and oxygen atoms in total. The number of nitrogens with two attached hydrogens (primary N) is 1. The molecule has 0 aliphatic heterocycles. The first kappa shape index (κ1) is 12.1. The van der Waals surface area contributed by atoms with E-state index in [1.54, 1.807) is 6.92 Å². The number of rotatable bonds is 5. The maximum absolute atomic E-state index is 11.5. The topological polar surface area (TPSA) is 111 Å². The Labute approximate surface area is 88.1 Å². The van der Waals surface area contributed by atoms with E-state index in [-0.39, 0.29) is 13.1 Å². The highest BCUT2D eigenvalue weighted by molar-refractivity contribution is 7.90. The second-order valence-electron chi connectivity index (χ2n) is 3.14. The van der Waals surface area contributed by atoms with E-state index in [1.165, 1.54) is 6.92 Å². The molecule has 1 heterocycles. The Bertz CT molecular complexity index is 414. The Balaban J connectivity index is 2.57.